The summed E-state index contributed by atoms with van der Waals surface area (Å²) in [6, 6.07) is 13.8. The maximum absolute atomic E-state index is 12.2. The van der Waals surface area contributed by atoms with Crippen LogP contribution in [-0.2, 0) is 21.4 Å². The molecule has 9 heteroatoms. The zero-order chi connectivity index (χ0) is 21.0. The molecule has 0 aliphatic heterocycles. The van der Waals surface area contributed by atoms with Gasteiger partial charge in [0.15, 0.2) is 6.61 Å². The van der Waals surface area contributed by atoms with Crippen molar-refractivity contribution in [1.82, 2.24) is 10.1 Å². The van der Waals surface area contributed by atoms with Crippen LogP contribution in [0, 0.1) is 0 Å². The minimum absolute atomic E-state index is 0.159. The SMILES string of the molecule is CC(C)c1ccc(-c2noc(COC(=O)c3cccc(NS(C)(=O)=O)c3)n2)cc1. The molecule has 1 aromatic heterocycles. The Balaban J connectivity index is 1.63. The number of sulfonamides is 1. The lowest BCUT2D eigenvalue weighted by molar-refractivity contribution is 0.0430. The third-order valence-corrected chi connectivity index (χ3v) is 4.64. The molecule has 2 aromatic carbocycles. The average molecular weight is 415 g/mol. The monoisotopic (exact) mass is 415 g/mol. The molecule has 0 unspecified atom stereocenters. The summed E-state index contributed by atoms with van der Waals surface area (Å²) < 4.78 is 35.3. The largest absolute Gasteiger partial charge is 0.452 e. The molecule has 1 heterocycles. The van der Waals surface area contributed by atoms with Crippen molar-refractivity contribution in [2.75, 3.05) is 11.0 Å². The third-order valence-electron chi connectivity index (χ3n) is 4.03. The van der Waals surface area contributed by atoms with Gasteiger partial charge in [-0.05, 0) is 29.7 Å². The molecule has 0 aliphatic carbocycles. The number of carbonyl (C=O) groups excluding carboxylic acids is 1. The second kappa shape index (κ2) is 8.44. The number of carbonyl (C=O) groups is 1. The number of nitrogens with zero attached hydrogens (tertiary/aromatic N) is 2. The van der Waals surface area contributed by atoms with E-state index in [-0.39, 0.29) is 23.7 Å². The zero-order valence-corrected chi connectivity index (χ0v) is 17.1. The molecular weight excluding hydrogens is 394 g/mol. The highest BCUT2D eigenvalue weighted by atomic mass is 32.2. The fourth-order valence-corrected chi connectivity index (χ4v) is 3.14. The molecular formula is C20H21N3O5S. The topological polar surface area (TPSA) is 111 Å². The van der Waals surface area contributed by atoms with E-state index in [0.29, 0.717) is 11.7 Å². The van der Waals surface area contributed by atoms with Gasteiger partial charge in [0, 0.05) is 11.3 Å². The minimum Gasteiger partial charge on any atom is -0.452 e. The summed E-state index contributed by atoms with van der Waals surface area (Å²) in [7, 11) is -3.44. The number of aromatic nitrogens is 2. The van der Waals surface area contributed by atoms with Crippen molar-refractivity contribution in [2.45, 2.75) is 26.4 Å². The maximum Gasteiger partial charge on any atom is 0.338 e. The second-order valence-electron chi connectivity index (χ2n) is 6.82. The predicted octanol–water partition coefficient (Wildman–Crippen LogP) is 3.59. The van der Waals surface area contributed by atoms with Gasteiger partial charge in [-0.1, -0.05) is 49.3 Å². The highest BCUT2D eigenvalue weighted by molar-refractivity contribution is 7.92. The van der Waals surface area contributed by atoms with Gasteiger partial charge in [-0.3, -0.25) is 4.72 Å². The molecule has 29 heavy (non-hydrogen) atoms. The van der Waals surface area contributed by atoms with E-state index >= 15 is 0 Å². The lowest BCUT2D eigenvalue weighted by atomic mass is 10.0. The molecule has 3 aromatic rings. The maximum atomic E-state index is 12.2. The first kappa shape index (κ1) is 20.5. The molecule has 0 fully saturated rings. The number of hydrogen-bond acceptors (Lipinski definition) is 7. The van der Waals surface area contributed by atoms with Crippen LogP contribution in [0.4, 0.5) is 5.69 Å². The first-order valence-corrected chi connectivity index (χ1v) is 10.8. The van der Waals surface area contributed by atoms with E-state index in [1.807, 2.05) is 24.3 Å². The van der Waals surface area contributed by atoms with Crippen LogP contribution in [0.3, 0.4) is 0 Å². The molecule has 0 amide bonds. The standard InChI is InChI=1S/C20H21N3O5S/c1-13(2)14-7-9-15(10-8-14)19-21-18(28-22-19)12-27-20(24)16-5-4-6-17(11-16)23-29(3,25)26/h4-11,13,23H,12H2,1-3H3. The van der Waals surface area contributed by atoms with Gasteiger partial charge in [0.2, 0.25) is 15.8 Å². The van der Waals surface area contributed by atoms with Crippen molar-refractivity contribution in [3.8, 4) is 11.4 Å². The first-order chi connectivity index (χ1) is 13.7. The summed E-state index contributed by atoms with van der Waals surface area (Å²) in [6.45, 7) is 4.03. The van der Waals surface area contributed by atoms with Crippen LogP contribution in [0.5, 0.6) is 0 Å². The molecule has 0 bridgehead atoms. The van der Waals surface area contributed by atoms with Gasteiger partial charge in [0.25, 0.3) is 5.89 Å². The van der Waals surface area contributed by atoms with Gasteiger partial charge in [-0.2, -0.15) is 4.98 Å². The Morgan fingerprint density at radius 3 is 2.55 bits per heavy atom. The normalized spacial score (nSPS) is 11.4. The highest BCUT2D eigenvalue weighted by Crippen LogP contribution is 2.21. The van der Waals surface area contributed by atoms with Crippen LogP contribution >= 0.6 is 0 Å². The molecule has 0 spiro atoms. The number of hydrogen-bond donors (Lipinski definition) is 1. The Labute approximate surface area is 169 Å². The summed E-state index contributed by atoms with van der Waals surface area (Å²) in [4.78, 5) is 16.5. The summed E-state index contributed by atoms with van der Waals surface area (Å²) >= 11 is 0. The van der Waals surface area contributed by atoms with Gasteiger partial charge in [0.05, 0.1) is 11.8 Å². The lowest BCUT2D eigenvalue weighted by Crippen LogP contribution is -2.11. The Hall–Kier alpha value is -3.20. The van der Waals surface area contributed by atoms with E-state index in [1.165, 1.54) is 23.8 Å². The quantitative estimate of drug-likeness (QED) is 0.587. The van der Waals surface area contributed by atoms with Gasteiger partial charge >= 0.3 is 5.97 Å². The molecule has 1 N–H and O–H groups in total. The Morgan fingerprint density at radius 1 is 1.17 bits per heavy atom. The third kappa shape index (κ3) is 5.64. The molecule has 0 saturated heterocycles. The summed E-state index contributed by atoms with van der Waals surface area (Å²) in [5, 5.41) is 3.91. The van der Waals surface area contributed by atoms with Gasteiger partial charge in [-0.15, -0.1) is 0 Å². The molecule has 0 atom stereocenters. The number of esters is 1. The number of anilines is 1. The second-order valence-corrected chi connectivity index (χ2v) is 8.57. The van der Waals surface area contributed by atoms with Crippen molar-refractivity contribution in [3.05, 3.63) is 65.5 Å². The van der Waals surface area contributed by atoms with Crippen molar-refractivity contribution in [2.24, 2.45) is 0 Å². The van der Waals surface area contributed by atoms with E-state index in [9.17, 15) is 13.2 Å². The molecule has 0 radical (unpaired) electrons. The number of nitrogens with one attached hydrogen (secondary N) is 1. The van der Waals surface area contributed by atoms with E-state index in [1.54, 1.807) is 6.07 Å². The Kier molecular flexibility index (Phi) is 5.97. The fourth-order valence-electron chi connectivity index (χ4n) is 2.58. The predicted molar refractivity (Wildman–Crippen MR) is 108 cm³/mol. The van der Waals surface area contributed by atoms with Crippen molar-refractivity contribution in [3.63, 3.8) is 0 Å². The van der Waals surface area contributed by atoms with E-state index in [0.717, 1.165) is 11.8 Å². The van der Waals surface area contributed by atoms with Crippen LogP contribution < -0.4 is 4.72 Å². The van der Waals surface area contributed by atoms with Crippen molar-refractivity contribution in [1.29, 1.82) is 0 Å². The lowest BCUT2D eigenvalue weighted by Gasteiger charge is -2.06. The van der Waals surface area contributed by atoms with Crippen molar-refractivity contribution < 1.29 is 22.5 Å². The average Bonchev–Trinajstić information content (AvgIpc) is 3.14. The zero-order valence-electron chi connectivity index (χ0n) is 16.2. The molecule has 0 saturated carbocycles. The smallest absolute Gasteiger partial charge is 0.338 e. The van der Waals surface area contributed by atoms with Gasteiger partial charge < -0.3 is 9.26 Å². The fraction of sp³-hybridized carbons (Fsp3) is 0.250. The number of rotatable bonds is 7. The van der Waals surface area contributed by atoms with Crippen LogP contribution in [0.1, 0.15) is 41.6 Å². The Bertz CT molecular complexity index is 1110. The van der Waals surface area contributed by atoms with Gasteiger partial charge in [-0.25, -0.2) is 13.2 Å². The number of benzene rings is 2. The highest BCUT2D eigenvalue weighted by Gasteiger charge is 2.14. The molecule has 152 valence electrons. The van der Waals surface area contributed by atoms with Crippen LogP contribution in [0.25, 0.3) is 11.4 Å². The van der Waals surface area contributed by atoms with Gasteiger partial charge in [0.1, 0.15) is 0 Å². The first-order valence-electron chi connectivity index (χ1n) is 8.89. The number of ether oxygens (including phenoxy) is 1. The van der Waals surface area contributed by atoms with E-state index in [2.05, 4.69) is 28.7 Å². The molecule has 3 rings (SSSR count). The van der Waals surface area contributed by atoms with E-state index in [4.69, 9.17) is 9.26 Å². The molecule has 8 nitrogen and oxygen atoms in total. The van der Waals surface area contributed by atoms with Crippen molar-refractivity contribution >= 4 is 21.7 Å². The summed E-state index contributed by atoms with van der Waals surface area (Å²) in [6.07, 6.45) is 1.03. The Morgan fingerprint density at radius 2 is 1.90 bits per heavy atom. The van der Waals surface area contributed by atoms with E-state index < -0.39 is 16.0 Å². The van der Waals surface area contributed by atoms with Crippen LogP contribution in [0.2, 0.25) is 0 Å². The minimum atomic E-state index is -3.44. The van der Waals surface area contributed by atoms with Crippen LogP contribution in [-0.4, -0.2) is 30.8 Å². The summed E-state index contributed by atoms with van der Waals surface area (Å²) in [5.74, 6) is 0.357. The molecule has 0 aliphatic rings. The summed E-state index contributed by atoms with van der Waals surface area (Å²) in [5.41, 5.74) is 2.48. The van der Waals surface area contributed by atoms with Crippen LogP contribution in [0.15, 0.2) is 53.1 Å².